The van der Waals surface area contributed by atoms with E-state index in [1.54, 1.807) is 17.0 Å². The van der Waals surface area contributed by atoms with Crippen LogP contribution in [0.25, 0.3) is 0 Å². The topological polar surface area (TPSA) is 72.6 Å². The maximum Gasteiger partial charge on any atom is 0.435 e. The second kappa shape index (κ2) is 10.1. The standard InChI is InChI=1S/C24H24F4N5O2PS/c1-13-9-20(24(26,27)28)30-33(13)11-21(34)32-7-5-14(6-8-32)23-29-17(12-37-23)16-10-18(35-31-16)22-15(25)3-2-4-19(22)36/h2-4,9,12,14,18H,5-8,10-11,36H2,1H3. The number of piperidine rings is 1. The van der Waals surface area contributed by atoms with E-state index in [9.17, 15) is 22.4 Å². The number of alkyl halides is 3. The van der Waals surface area contributed by atoms with Crippen molar-refractivity contribution in [2.75, 3.05) is 13.1 Å². The summed E-state index contributed by atoms with van der Waals surface area (Å²) in [6, 6.07) is 5.79. The monoisotopic (exact) mass is 553 g/mol. The van der Waals surface area contributed by atoms with Gasteiger partial charge in [-0.15, -0.1) is 20.6 Å². The number of benzene rings is 1. The third kappa shape index (κ3) is 5.40. The molecule has 0 bridgehead atoms. The zero-order chi connectivity index (χ0) is 26.3. The van der Waals surface area contributed by atoms with Crippen molar-refractivity contribution in [1.29, 1.82) is 0 Å². The Morgan fingerprint density at radius 2 is 2.03 bits per heavy atom. The van der Waals surface area contributed by atoms with Crippen LogP contribution in [0.1, 0.15) is 58.9 Å². The molecule has 0 aliphatic carbocycles. The highest BCUT2D eigenvalue weighted by atomic mass is 32.1. The molecule has 2 aromatic heterocycles. The molecule has 13 heteroatoms. The smallest absolute Gasteiger partial charge is 0.387 e. The molecular formula is C24H24F4N5O2PS. The molecule has 2 unspecified atom stereocenters. The highest BCUT2D eigenvalue weighted by molar-refractivity contribution is 7.27. The second-order valence-corrected chi connectivity index (χ2v) is 10.6. The van der Waals surface area contributed by atoms with E-state index >= 15 is 0 Å². The highest BCUT2D eigenvalue weighted by Crippen LogP contribution is 2.34. The van der Waals surface area contributed by atoms with Gasteiger partial charge in [-0.2, -0.15) is 18.3 Å². The summed E-state index contributed by atoms with van der Waals surface area (Å²) in [6.45, 7) is 2.25. The first-order valence-corrected chi connectivity index (χ1v) is 13.2. The predicted octanol–water partition coefficient (Wildman–Crippen LogP) is 4.58. The molecule has 1 aromatic carbocycles. The number of amides is 1. The Bertz CT molecular complexity index is 1330. The molecule has 0 radical (unpaired) electrons. The van der Waals surface area contributed by atoms with Crippen molar-refractivity contribution in [1.82, 2.24) is 19.7 Å². The molecule has 3 aromatic rings. The summed E-state index contributed by atoms with van der Waals surface area (Å²) in [5, 5.41) is 11.3. The quantitative estimate of drug-likeness (QED) is 0.343. The van der Waals surface area contributed by atoms with Crippen LogP contribution in [-0.4, -0.2) is 44.4 Å². The van der Waals surface area contributed by atoms with E-state index in [1.165, 1.54) is 24.3 Å². The summed E-state index contributed by atoms with van der Waals surface area (Å²) in [6.07, 6.45) is -3.24. The van der Waals surface area contributed by atoms with E-state index in [-0.39, 0.29) is 29.9 Å². The van der Waals surface area contributed by atoms with Crippen LogP contribution in [0.4, 0.5) is 17.6 Å². The maximum atomic E-state index is 14.3. The van der Waals surface area contributed by atoms with Crippen LogP contribution in [0.2, 0.25) is 0 Å². The fourth-order valence-electron chi connectivity index (χ4n) is 4.60. The number of nitrogens with zero attached hydrogens (tertiary/aromatic N) is 5. The number of rotatable bonds is 5. The van der Waals surface area contributed by atoms with Crippen molar-refractivity contribution in [3.8, 4) is 0 Å². The molecule has 2 aliphatic rings. The van der Waals surface area contributed by atoms with Crippen LogP contribution in [0.5, 0.6) is 0 Å². The molecule has 196 valence electrons. The molecule has 7 nitrogen and oxygen atoms in total. The lowest BCUT2D eigenvalue weighted by Crippen LogP contribution is -2.40. The third-order valence-corrected chi connectivity index (χ3v) is 8.16. The van der Waals surface area contributed by atoms with Gasteiger partial charge in [0.15, 0.2) is 11.8 Å². The highest BCUT2D eigenvalue weighted by Gasteiger charge is 2.35. The van der Waals surface area contributed by atoms with Crippen LogP contribution in [-0.2, 0) is 22.4 Å². The van der Waals surface area contributed by atoms with Crippen molar-refractivity contribution in [2.45, 2.75) is 50.9 Å². The molecule has 2 aliphatic heterocycles. The number of aryl methyl sites for hydroxylation is 1. The van der Waals surface area contributed by atoms with Gasteiger partial charge in [-0.25, -0.2) is 9.37 Å². The molecule has 1 saturated heterocycles. The molecular weight excluding hydrogens is 529 g/mol. The zero-order valence-electron chi connectivity index (χ0n) is 19.8. The molecule has 1 fully saturated rings. The summed E-state index contributed by atoms with van der Waals surface area (Å²) >= 11 is 1.52. The van der Waals surface area contributed by atoms with E-state index < -0.39 is 18.0 Å². The number of thiazole rings is 1. The minimum Gasteiger partial charge on any atom is -0.387 e. The van der Waals surface area contributed by atoms with E-state index in [0.29, 0.717) is 49.3 Å². The molecule has 2 atom stereocenters. The first kappa shape index (κ1) is 25.8. The summed E-state index contributed by atoms with van der Waals surface area (Å²) in [7, 11) is 2.52. The van der Waals surface area contributed by atoms with Gasteiger partial charge in [0.2, 0.25) is 5.91 Å². The Morgan fingerprint density at radius 1 is 1.27 bits per heavy atom. The van der Waals surface area contributed by atoms with Crippen molar-refractivity contribution >= 4 is 37.5 Å². The molecule has 0 N–H and O–H groups in total. The first-order valence-electron chi connectivity index (χ1n) is 11.7. The van der Waals surface area contributed by atoms with Crippen molar-refractivity contribution < 1.29 is 27.2 Å². The maximum absolute atomic E-state index is 14.3. The van der Waals surface area contributed by atoms with Gasteiger partial charge >= 0.3 is 6.18 Å². The average molecular weight is 554 g/mol. The second-order valence-electron chi connectivity index (χ2n) is 9.13. The first-order chi connectivity index (χ1) is 17.6. The SMILES string of the molecule is Cc1cc(C(F)(F)F)nn1CC(=O)N1CCC(c2nc(C3=NOC(c4c(F)cccc4P)C3)cs2)CC1. The Hall–Kier alpha value is -2.85. The van der Waals surface area contributed by atoms with Gasteiger partial charge in [0.1, 0.15) is 18.1 Å². The fourth-order valence-corrected chi connectivity index (χ4v) is 6.03. The number of hydrogen-bond acceptors (Lipinski definition) is 6. The minimum atomic E-state index is -4.54. The number of oxime groups is 1. The van der Waals surface area contributed by atoms with Gasteiger partial charge in [0, 0.05) is 42.1 Å². The Morgan fingerprint density at radius 3 is 2.70 bits per heavy atom. The van der Waals surface area contributed by atoms with E-state index in [2.05, 4.69) is 19.5 Å². The normalized spacial score (nSPS) is 18.7. The molecule has 37 heavy (non-hydrogen) atoms. The average Bonchev–Trinajstić information content (AvgIpc) is 3.59. The summed E-state index contributed by atoms with van der Waals surface area (Å²) in [5.74, 6) is -0.434. The number of hydrogen-bond donors (Lipinski definition) is 0. The number of aromatic nitrogens is 3. The lowest BCUT2D eigenvalue weighted by atomic mass is 9.97. The predicted molar refractivity (Wildman–Crippen MR) is 133 cm³/mol. The Kier molecular flexibility index (Phi) is 7.06. The molecule has 4 heterocycles. The van der Waals surface area contributed by atoms with Crippen molar-refractivity contribution in [3.05, 3.63) is 63.1 Å². The Balaban J connectivity index is 1.17. The van der Waals surface area contributed by atoms with E-state index in [1.807, 2.05) is 5.38 Å². The van der Waals surface area contributed by atoms with Gasteiger partial charge in [0.25, 0.3) is 0 Å². The van der Waals surface area contributed by atoms with Gasteiger partial charge in [-0.3, -0.25) is 9.48 Å². The molecule has 0 spiro atoms. The van der Waals surface area contributed by atoms with Gasteiger partial charge in [0.05, 0.1) is 10.7 Å². The van der Waals surface area contributed by atoms with Crippen molar-refractivity contribution in [3.63, 3.8) is 0 Å². The number of carbonyl (C=O) groups excluding carboxylic acids is 1. The van der Waals surface area contributed by atoms with Crippen LogP contribution in [0.3, 0.4) is 0 Å². The zero-order valence-corrected chi connectivity index (χ0v) is 21.8. The summed E-state index contributed by atoms with van der Waals surface area (Å²) in [5.41, 5.74) is 1.13. The minimum absolute atomic E-state index is 0.162. The number of likely N-dealkylation sites (tertiary alicyclic amines) is 1. The molecule has 1 amide bonds. The van der Waals surface area contributed by atoms with Gasteiger partial charge in [-0.05, 0) is 37.2 Å². The third-order valence-electron chi connectivity index (χ3n) is 6.65. The fraction of sp³-hybridized carbons (Fsp3) is 0.417. The number of carbonyl (C=O) groups is 1. The molecule has 0 saturated carbocycles. The summed E-state index contributed by atoms with van der Waals surface area (Å²) in [4.78, 5) is 24.6. The van der Waals surface area contributed by atoms with Crippen LogP contribution < -0.4 is 5.30 Å². The van der Waals surface area contributed by atoms with E-state index in [0.717, 1.165) is 21.1 Å². The van der Waals surface area contributed by atoms with Crippen molar-refractivity contribution in [2.24, 2.45) is 5.16 Å². The van der Waals surface area contributed by atoms with E-state index in [4.69, 9.17) is 9.82 Å². The Labute approximate surface area is 216 Å². The lowest BCUT2D eigenvalue weighted by molar-refractivity contribution is -0.142. The van der Waals surface area contributed by atoms with Crippen LogP contribution in [0.15, 0.2) is 34.8 Å². The van der Waals surface area contributed by atoms with Crippen LogP contribution >= 0.6 is 20.6 Å². The number of halogens is 4. The van der Waals surface area contributed by atoms with Crippen LogP contribution in [0, 0.1) is 12.7 Å². The van der Waals surface area contributed by atoms with Gasteiger partial charge in [-0.1, -0.05) is 17.3 Å². The lowest BCUT2D eigenvalue weighted by Gasteiger charge is -2.31. The summed E-state index contributed by atoms with van der Waals surface area (Å²) < 4.78 is 54.1. The largest absolute Gasteiger partial charge is 0.435 e. The van der Waals surface area contributed by atoms with Gasteiger partial charge < -0.3 is 9.74 Å². The molecule has 5 rings (SSSR count).